The molecule has 0 atom stereocenters. The van der Waals surface area contributed by atoms with Gasteiger partial charge in [-0.25, -0.2) is 13.6 Å². The minimum atomic E-state index is -3.28. The van der Waals surface area contributed by atoms with Crippen molar-refractivity contribution < 1.29 is 13.2 Å². The third-order valence-electron chi connectivity index (χ3n) is 2.11. The SMILES string of the molecule is CCCCCCOCCCCS(N)(=O)=O. The normalized spacial score (nSPS) is 11.9. The number of primary sulfonamides is 1. The van der Waals surface area contributed by atoms with Gasteiger partial charge < -0.3 is 4.74 Å². The second-order valence-electron chi connectivity index (χ2n) is 3.75. The van der Waals surface area contributed by atoms with Crippen molar-refractivity contribution >= 4 is 10.0 Å². The van der Waals surface area contributed by atoms with E-state index in [0.29, 0.717) is 13.0 Å². The largest absolute Gasteiger partial charge is 0.381 e. The van der Waals surface area contributed by atoms with Crippen LogP contribution in [0.1, 0.15) is 45.4 Å². The second kappa shape index (κ2) is 9.12. The van der Waals surface area contributed by atoms with Crippen molar-refractivity contribution in [2.45, 2.75) is 45.4 Å². The molecule has 92 valence electrons. The van der Waals surface area contributed by atoms with Gasteiger partial charge in [-0.05, 0) is 19.3 Å². The van der Waals surface area contributed by atoms with Crippen molar-refractivity contribution in [1.29, 1.82) is 0 Å². The lowest BCUT2D eigenvalue weighted by Crippen LogP contribution is -2.16. The number of ether oxygens (including phenoxy) is 1. The standard InChI is InChI=1S/C10H23NO3S/c1-2-3-4-5-8-14-9-6-7-10-15(11,12)13/h2-10H2,1H3,(H2,11,12,13). The number of hydrogen-bond donors (Lipinski definition) is 1. The Balaban J connectivity index is 3.06. The minimum absolute atomic E-state index is 0.0617. The van der Waals surface area contributed by atoms with Crippen LogP contribution >= 0.6 is 0 Å². The van der Waals surface area contributed by atoms with Gasteiger partial charge >= 0.3 is 0 Å². The molecule has 0 aliphatic carbocycles. The van der Waals surface area contributed by atoms with Crippen LogP contribution in [0.2, 0.25) is 0 Å². The number of nitrogens with two attached hydrogens (primary N) is 1. The highest BCUT2D eigenvalue weighted by Gasteiger charge is 2.00. The Morgan fingerprint density at radius 3 is 2.13 bits per heavy atom. The Morgan fingerprint density at radius 2 is 1.60 bits per heavy atom. The van der Waals surface area contributed by atoms with E-state index in [1.54, 1.807) is 0 Å². The van der Waals surface area contributed by atoms with Crippen LogP contribution in [0, 0.1) is 0 Å². The molecule has 0 amide bonds. The van der Waals surface area contributed by atoms with E-state index in [9.17, 15) is 8.42 Å². The average Bonchev–Trinajstić information content (AvgIpc) is 2.14. The summed E-state index contributed by atoms with van der Waals surface area (Å²) in [6, 6.07) is 0. The van der Waals surface area contributed by atoms with Crippen molar-refractivity contribution in [3.05, 3.63) is 0 Å². The lowest BCUT2D eigenvalue weighted by molar-refractivity contribution is 0.127. The summed E-state index contributed by atoms with van der Waals surface area (Å²) in [7, 11) is -3.28. The highest BCUT2D eigenvalue weighted by atomic mass is 32.2. The summed E-state index contributed by atoms with van der Waals surface area (Å²) in [6.45, 7) is 3.60. The van der Waals surface area contributed by atoms with E-state index in [1.165, 1.54) is 19.3 Å². The van der Waals surface area contributed by atoms with Crippen LogP contribution in [-0.2, 0) is 14.8 Å². The van der Waals surface area contributed by atoms with Crippen molar-refractivity contribution in [2.75, 3.05) is 19.0 Å². The van der Waals surface area contributed by atoms with E-state index in [4.69, 9.17) is 9.88 Å². The van der Waals surface area contributed by atoms with Gasteiger partial charge in [0.05, 0.1) is 5.75 Å². The van der Waals surface area contributed by atoms with Gasteiger partial charge in [0.25, 0.3) is 0 Å². The minimum Gasteiger partial charge on any atom is -0.381 e. The fourth-order valence-electron chi connectivity index (χ4n) is 1.24. The number of rotatable bonds is 10. The molecule has 0 aromatic heterocycles. The maximum atomic E-state index is 10.6. The first-order valence-corrected chi connectivity index (χ1v) is 7.36. The molecule has 0 radical (unpaired) electrons. The van der Waals surface area contributed by atoms with Crippen molar-refractivity contribution in [3.8, 4) is 0 Å². The molecule has 0 spiro atoms. The average molecular weight is 237 g/mol. The summed E-state index contributed by atoms with van der Waals surface area (Å²) in [5.41, 5.74) is 0. The molecule has 0 bridgehead atoms. The fourth-order valence-corrected chi connectivity index (χ4v) is 1.85. The molecule has 0 aromatic rings. The number of hydrogen-bond acceptors (Lipinski definition) is 3. The van der Waals surface area contributed by atoms with E-state index < -0.39 is 10.0 Å². The summed E-state index contributed by atoms with van der Waals surface area (Å²) in [6.07, 6.45) is 6.16. The van der Waals surface area contributed by atoms with Gasteiger partial charge in [-0.3, -0.25) is 0 Å². The molecule has 0 rings (SSSR count). The van der Waals surface area contributed by atoms with Crippen LogP contribution < -0.4 is 5.14 Å². The van der Waals surface area contributed by atoms with Gasteiger partial charge in [0.15, 0.2) is 0 Å². The second-order valence-corrected chi connectivity index (χ2v) is 5.48. The molecule has 0 aromatic carbocycles. The smallest absolute Gasteiger partial charge is 0.209 e. The number of sulfonamides is 1. The van der Waals surface area contributed by atoms with Crippen LogP contribution in [0.3, 0.4) is 0 Å². The van der Waals surface area contributed by atoms with Crippen molar-refractivity contribution in [1.82, 2.24) is 0 Å². The maximum absolute atomic E-state index is 10.6. The summed E-state index contributed by atoms with van der Waals surface area (Å²) < 4.78 is 26.5. The van der Waals surface area contributed by atoms with Crippen molar-refractivity contribution in [3.63, 3.8) is 0 Å². The van der Waals surface area contributed by atoms with Crippen LogP contribution in [0.5, 0.6) is 0 Å². The Morgan fingerprint density at radius 1 is 1.00 bits per heavy atom. The van der Waals surface area contributed by atoms with Gasteiger partial charge in [-0.15, -0.1) is 0 Å². The molecule has 5 heteroatoms. The third-order valence-corrected chi connectivity index (χ3v) is 2.97. The first-order valence-electron chi connectivity index (χ1n) is 5.64. The predicted molar refractivity (Wildman–Crippen MR) is 62.2 cm³/mol. The Kier molecular flexibility index (Phi) is 9.04. The summed E-state index contributed by atoms with van der Waals surface area (Å²) in [5.74, 6) is 0.0617. The molecule has 0 heterocycles. The monoisotopic (exact) mass is 237 g/mol. The highest BCUT2D eigenvalue weighted by Crippen LogP contribution is 2.00. The summed E-state index contributed by atoms with van der Waals surface area (Å²) >= 11 is 0. The third kappa shape index (κ3) is 13.9. The van der Waals surface area contributed by atoms with E-state index in [2.05, 4.69) is 6.92 Å². The van der Waals surface area contributed by atoms with Gasteiger partial charge in [-0.1, -0.05) is 26.2 Å². The molecule has 4 nitrogen and oxygen atoms in total. The van der Waals surface area contributed by atoms with Crippen LogP contribution in [0.4, 0.5) is 0 Å². The molecular weight excluding hydrogens is 214 g/mol. The number of unbranched alkanes of at least 4 members (excludes halogenated alkanes) is 4. The maximum Gasteiger partial charge on any atom is 0.209 e. The lowest BCUT2D eigenvalue weighted by atomic mass is 10.2. The van der Waals surface area contributed by atoms with Gasteiger partial charge in [-0.2, -0.15) is 0 Å². The van der Waals surface area contributed by atoms with Crippen molar-refractivity contribution in [2.24, 2.45) is 5.14 Å². The van der Waals surface area contributed by atoms with Gasteiger partial charge in [0.1, 0.15) is 0 Å². The molecular formula is C10H23NO3S. The zero-order valence-corrected chi connectivity index (χ0v) is 10.4. The molecule has 0 fully saturated rings. The molecule has 0 unspecified atom stereocenters. The topological polar surface area (TPSA) is 69.4 Å². The van der Waals surface area contributed by atoms with Crippen LogP contribution in [0.25, 0.3) is 0 Å². The Hall–Kier alpha value is -0.130. The van der Waals surface area contributed by atoms with Gasteiger partial charge in [0, 0.05) is 13.2 Å². The first kappa shape index (κ1) is 14.9. The molecule has 0 aliphatic heterocycles. The van der Waals surface area contributed by atoms with Crippen LogP contribution in [0.15, 0.2) is 0 Å². The fraction of sp³-hybridized carbons (Fsp3) is 1.00. The summed E-state index contributed by atoms with van der Waals surface area (Å²) in [4.78, 5) is 0. The summed E-state index contributed by atoms with van der Waals surface area (Å²) in [5, 5.41) is 4.86. The highest BCUT2D eigenvalue weighted by molar-refractivity contribution is 7.89. The zero-order valence-electron chi connectivity index (χ0n) is 9.57. The quantitative estimate of drug-likeness (QED) is 0.587. The van der Waals surface area contributed by atoms with Crippen LogP contribution in [-0.4, -0.2) is 27.4 Å². The lowest BCUT2D eigenvalue weighted by Gasteiger charge is -2.03. The molecule has 2 N–H and O–H groups in total. The van der Waals surface area contributed by atoms with E-state index in [-0.39, 0.29) is 5.75 Å². The van der Waals surface area contributed by atoms with E-state index in [0.717, 1.165) is 19.4 Å². The predicted octanol–water partition coefficient (Wildman–Crippen LogP) is 1.65. The van der Waals surface area contributed by atoms with E-state index in [1.807, 2.05) is 0 Å². The molecule has 15 heavy (non-hydrogen) atoms. The molecule has 0 aliphatic rings. The molecule has 0 saturated heterocycles. The Labute approximate surface area is 93.2 Å². The van der Waals surface area contributed by atoms with Gasteiger partial charge in [0.2, 0.25) is 10.0 Å². The zero-order chi connectivity index (χ0) is 11.6. The Bertz CT molecular complexity index is 227. The molecule has 0 saturated carbocycles. The first-order chi connectivity index (χ1) is 7.06. The van der Waals surface area contributed by atoms with E-state index >= 15 is 0 Å².